The Morgan fingerprint density at radius 1 is 1.00 bits per heavy atom. The lowest BCUT2D eigenvalue weighted by Gasteiger charge is -2.24. The fourth-order valence-electron chi connectivity index (χ4n) is 3.04. The number of fused-ring (bicyclic) bond motifs is 1. The summed E-state index contributed by atoms with van der Waals surface area (Å²) in [5.74, 6) is 1.74. The Bertz CT molecular complexity index is 914. The molecule has 0 unspecified atom stereocenters. The van der Waals surface area contributed by atoms with Crippen LogP contribution in [0.2, 0.25) is 0 Å². The van der Waals surface area contributed by atoms with Gasteiger partial charge in [-0.2, -0.15) is 0 Å². The van der Waals surface area contributed by atoms with E-state index < -0.39 is 5.97 Å². The van der Waals surface area contributed by atoms with Gasteiger partial charge in [-0.05, 0) is 31.2 Å². The minimum absolute atomic E-state index is 0.117. The third-order valence-electron chi connectivity index (χ3n) is 4.45. The first kappa shape index (κ1) is 20.3. The Morgan fingerprint density at radius 3 is 2.28 bits per heavy atom. The lowest BCUT2D eigenvalue weighted by atomic mass is 10.0. The molecule has 0 spiro atoms. The molecule has 154 valence electrons. The second-order valence-electron chi connectivity index (χ2n) is 6.33. The molecular weight excluding hydrogens is 378 g/mol. The first-order chi connectivity index (χ1) is 14.0. The monoisotopic (exact) mass is 401 g/mol. The quantitative estimate of drug-likeness (QED) is 0.541. The molecule has 1 aliphatic rings. The number of carbonyl (C=O) groups is 1. The van der Waals surface area contributed by atoms with Gasteiger partial charge in [0.15, 0.2) is 11.5 Å². The number of oxime groups is 1. The number of ether oxygens (including phenoxy) is 5. The summed E-state index contributed by atoms with van der Waals surface area (Å²) in [6.45, 7) is 1.92. The van der Waals surface area contributed by atoms with E-state index in [4.69, 9.17) is 28.5 Å². The van der Waals surface area contributed by atoms with Crippen LogP contribution in [-0.2, 0) is 4.84 Å². The van der Waals surface area contributed by atoms with Crippen LogP contribution in [0.1, 0.15) is 29.3 Å². The summed E-state index contributed by atoms with van der Waals surface area (Å²) in [5.41, 5.74) is 1.59. The zero-order valence-corrected chi connectivity index (χ0v) is 17.0. The van der Waals surface area contributed by atoms with Crippen LogP contribution in [0.4, 0.5) is 0 Å². The Balaban J connectivity index is 1.88. The molecule has 0 amide bonds. The summed E-state index contributed by atoms with van der Waals surface area (Å²) in [6, 6.07) is 8.42. The van der Waals surface area contributed by atoms with Crippen LogP contribution in [-0.4, -0.2) is 46.2 Å². The van der Waals surface area contributed by atoms with Gasteiger partial charge in [0.25, 0.3) is 0 Å². The third-order valence-corrected chi connectivity index (χ3v) is 4.45. The third kappa shape index (κ3) is 4.21. The highest BCUT2D eigenvalue weighted by Crippen LogP contribution is 2.38. The van der Waals surface area contributed by atoms with Gasteiger partial charge in [-0.1, -0.05) is 5.16 Å². The number of benzene rings is 2. The molecule has 0 aromatic heterocycles. The standard InChI is InChI=1S/C21H23NO7/c1-12-8-16(15-7-6-14(24-2)11-17(15)28-12)22-29-21(23)13-9-18(25-3)20(27-5)19(10-13)26-4/h6-7,9-12H,8H2,1-5H3/b22-16+/t12-/m0/s1. The zero-order chi connectivity index (χ0) is 21.0. The van der Waals surface area contributed by atoms with Crippen molar-refractivity contribution in [1.29, 1.82) is 0 Å². The van der Waals surface area contributed by atoms with Crippen molar-refractivity contribution in [1.82, 2.24) is 0 Å². The van der Waals surface area contributed by atoms with E-state index in [1.807, 2.05) is 13.0 Å². The van der Waals surface area contributed by atoms with Crippen molar-refractivity contribution in [3.63, 3.8) is 0 Å². The molecular formula is C21H23NO7. The molecule has 8 heteroatoms. The van der Waals surface area contributed by atoms with Crippen molar-refractivity contribution in [2.24, 2.45) is 5.16 Å². The minimum atomic E-state index is -0.647. The van der Waals surface area contributed by atoms with E-state index in [9.17, 15) is 4.79 Å². The SMILES string of the molecule is COc1ccc2c(c1)O[C@@H](C)C/C2=N\OC(=O)c1cc(OC)c(OC)c(OC)c1. The number of nitrogens with zero attached hydrogens (tertiary/aromatic N) is 1. The first-order valence-electron chi connectivity index (χ1n) is 8.94. The van der Waals surface area contributed by atoms with Gasteiger partial charge in [0, 0.05) is 18.1 Å². The summed E-state index contributed by atoms with van der Waals surface area (Å²) in [5, 5.41) is 4.09. The number of rotatable bonds is 6. The molecule has 1 aliphatic heterocycles. The summed E-state index contributed by atoms with van der Waals surface area (Å²) in [6.07, 6.45) is 0.384. The molecule has 1 heterocycles. The molecule has 0 radical (unpaired) electrons. The van der Waals surface area contributed by atoms with Crippen LogP contribution in [0.5, 0.6) is 28.7 Å². The van der Waals surface area contributed by atoms with Crippen LogP contribution in [0.15, 0.2) is 35.5 Å². The number of hydrogen-bond donors (Lipinski definition) is 0. The fraction of sp³-hybridized carbons (Fsp3) is 0.333. The summed E-state index contributed by atoms with van der Waals surface area (Å²) in [7, 11) is 6.02. The minimum Gasteiger partial charge on any atom is -0.497 e. The Kier molecular flexibility index (Phi) is 6.11. The van der Waals surface area contributed by atoms with E-state index in [0.717, 1.165) is 5.56 Å². The molecule has 29 heavy (non-hydrogen) atoms. The second-order valence-corrected chi connectivity index (χ2v) is 6.33. The normalized spacial score (nSPS) is 16.4. The van der Waals surface area contributed by atoms with Gasteiger partial charge in [0.2, 0.25) is 5.75 Å². The fourth-order valence-corrected chi connectivity index (χ4v) is 3.04. The summed E-state index contributed by atoms with van der Waals surface area (Å²) in [4.78, 5) is 17.8. The molecule has 0 aliphatic carbocycles. The van der Waals surface area contributed by atoms with Crippen LogP contribution in [0.3, 0.4) is 0 Å². The highest BCUT2D eigenvalue weighted by atomic mass is 16.7. The van der Waals surface area contributed by atoms with E-state index in [0.29, 0.717) is 40.9 Å². The molecule has 2 aromatic rings. The number of methoxy groups -OCH3 is 4. The molecule has 1 atom stereocenters. The number of hydrogen-bond acceptors (Lipinski definition) is 8. The highest BCUT2D eigenvalue weighted by molar-refractivity contribution is 6.04. The largest absolute Gasteiger partial charge is 0.497 e. The number of carbonyl (C=O) groups excluding carboxylic acids is 1. The Labute approximate surface area is 168 Å². The maximum atomic E-state index is 12.6. The first-order valence-corrected chi connectivity index (χ1v) is 8.94. The van der Waals surface area contributed by atoms with Gasteiger partial charge in [-0.3, -0.25) is 0 Å². The average molecular weight is 401 g/mol. The van der Waals surface area contributed by atoms with E-state index in [-0.39, 0.29) is 11.7 Å². The van der Waals surface area contributed by atoms with Gasteiger partial charge in [0.05, 0.1) is 39.7 Å². The van der Waals surface area contributed by atoms with Gasteiger partial charge >= 0.3 is 5.97 Å². The van der Waals surface area contributed by atoms with Gasteiger partial charge < -0.3 is 28.5 Å². The summed E-state index contributed by atoms with van der Waals surface area (Å²) >= 11 is 0. The smallest absolute Gasteiger partial charge is 0.366 e. The average Bonchev–Trinajstić information content (AvgIpc) is 2.75. The molecule has 0 fully saturated rings. The zero-order valence-electron chi connectivity index (χ0n) is 17.0. The van der Waals surface area contributed by atoms with Crippen molar-refractivity contribution in [3.8, 4) is 28.7 Å². The van der Waals surface area contributed by atoms with Crippen molar-refractivity contribution in [3.05, 3.63) is 41.5 Å². The molecule has 0 saturated heterocycles. The van der Waals surface area contributed by atoms with Crippen molar-refractivity contribution in [2.75, 3.05) is 28.4 Å². The van der Waals surface area contributed by atoms with Crippen molar-refractivity contribution in [2.45, 2.75) is 19.4 Å². The van der Waals surface area contributed by atoms with Crippen molar-refractivity contribution < 1.29 is 33.3 Å². The highest BCUT2D eigenvalue weighted by Gasteiger charge is 2.24. The summed E-state index contributed by atoms with van der Waals surface area (Å²) < 4.78 is 26.9. The Hall–Kier alpha value is -3.42. The van der Waals surface area contributed by atoms with Crippen LogP contribution >= 0.6 is 0 Å². The topological polar surface area (TPSA) is 84.8 Å². The van der Waals surface area contributed by atoms with Gasteiger partial charge in [-0.15, -0.1) is 0 Å². The molecule has 0 N–H and O–H groups in total. The van der Waals surface area contributed by atoms with Crippen molar-refractivity contribution >= 4 is 11.7 Å². The molecule has 0 bridgehead atoms. The Morgan fingerprint density at radius 2 is 1.69 bits per heavy atom. The predicted molar refractivity (Wildman–Crippen MR) is 106 cm³/mol. The lowest BCUT2D eigenvalue weighted by molar-refractivity contribution is 0.0512. The van der Waals surface area contributed by atoms with E-state index >= 15 is 0 Å². The van der Waals surface area contributed by atoms with E-state index in [1.165, 1.54) is 33.5 Å². The molecule has 0 saturated carbocycles. The maximum absolute atomic E-state index is 12.6. The van der Waals surface area contributed by atoms with Gasteiger partial charge in [0.1, 0.15) is 17.6 Å². The molecule has 2 aromatic carbocycles. The van der Waals surface area contributed by atoms with Crippen LogP contribution < -0.4 is 23.7 Å². The van der Waals surface area contributed by atoms with Crippen LogP contribution in [0, 0.1) is 0 Å². The predicted octanol–water partition coefficient (Wildman–Crippen LogP) is 3.45. The lowest BCUT2D eigenvalue weighted by Crippen LogP contribution is -2.25. The van der Waals surface area contributed by atoms with Crippen LogP contribution in [0.25, 0.3) is 0 Å². The van der Waals surface area contributed by atoms with E-state index in [1.54, 1.807) is 19.2 Å². The maximum Gasteiger partial charge on any atom is 0.366 e. The van der Waals surface area contributed by atoms with E-state index in [2.05, 4.69) is 5.16 Å². The second kappa shape index (κ2) is 8.72. The van der Waals surface area contributed by atoms with Gasteiger partial charge in [-0.25, -0.2) is 4.79 Å². The molecule has 3 rings (SSSR count). The molecule has 8 nitrogen and oxygen atoms in total.